The second-order valence-electron chi connectivity index (χ2n) is 8.59. The lowest BCUT2D eigenvalue weighted by atomic mass is 9.93. The third kappa shape index (κ3) is 6.60. The van der Waals surface area contributed by atoms with Crippen LogP contribution in [0, 0.1) is 5.82 Å². The molecule has 9 heteroatoms. The third-order valence-corrected chi connectivity index (χ3v) is 7.31. The Labute approximate surface area is 204 Å². The van der Waals surface area contributed by atoms with Gasteiger partial charge in [0, 0.05) is 23.8 Å². The molecule has 3 aromatic rings. The van der Waals surface area contributed by atoms with Gasteiger partial charge in [0.15, 0.2) is 11.5 Å². The fourth-order valence-electron chi connectivity index (χ4n) is 3.99. The van der Waals surface area contributed by atoms with Crippen molar-refractivity contribution in [1.82, 2.24) is 9.97 Å². The second-order valence-corrected chi connectivity index (χ2v) is 10.3. The smallest absolute Gasteiger partial charge is 0.318 e. The van der Waals surface area contributed by atoms with Gasteiger partial charge in [0.2, 0.25) is 8.03 Å². The molecular weight excluding hydrogens is 470 g/mol. The normalized spacial score (nSPS) is 14.0. The maximum atomic E-state index is 13.6. The summed E-state index contributed by atoms with van der Waals surface area (Å²) in [5.41, 5.74) is 2.46. The lowest BCUT2D eigenvalue weighted by Crippen LogP contribution is -2.31. The Bertz CT molecular complexity index is 1170. The highest BCUT2D eigenvalue weighted by Crippen LogP contribution is 2.34. The van der Waals surface area contributed by atoms with Gasteiger partial charge in [-0.3, -0.25) is 9.36 Å². The monoisotopic (exact) mass is 500 g/mol. The highest BCUT2D eigenvalue weighted by Gasteiger charge is 2.32. The number of carbonyl (C=O) groups is 1. The van der Waals surface area contributed by atoms with E-state index in [1.165, 1.54) is 19.2 Å². The number of hydrogen-bond acceptors (Lipinski definition) is 6. The van der Waals surface area contributed by atoms with Crippen molar-refractivity contribution in [3.05, 3.63) is 71.7 Å². The van der Waals surface area contributed by atoms with Crippen LogP contribution in [-0.4, -0.2) is 45.0 Å². The number of aliphatic hydroxyl groups excluding tert-OH is 1. The van der Waals surface area contributed by atoms with Crippen molar-refractivity contribution >= 4 is 14.0 Å². The molecule has 0 aliphatic rings. The van der Waals surface area contributed by atoms with Crippen molar-refractivity contribution in [2.24, 2.45) is 0 Å². The number of hydrogen-bond donors (Lipinski definition) is 2. The fraction of sp³-hybridized carbons (Fsp3) is 0.346. The van der Waals surface area contributed by atoms with Gasteiger partial charge in [0.05, 0.1) is 17.5 Å². The number of nitrogens with zero attached hydrogens (tertiary/aromatic N) is 2. The molecule has 7 nitrogen and oxygen atoms in total. The van der Waals surface area contributed by atoms with Crippen LogP contribution in [0.25, 0.3) is 22.6 Å². The summed E-state index contributed by atoms with van der Waals surface area (Å²) < 4.78 is 30.3. The molecule has 0 saturated heterocycles. The SMILES string of the molecule is CO[PH](=O)C(C(=O)O)C(O)CCCc1c(-c2ccc(F)cc2)nc(-c2ccccc2)nc1C(C)C. The number of aromatic nitrogens is 2. The Morgan fingerprint density at radius 2 is 1.71 bits per heavy atom. The minimum absolute atomic E-state index is 0.0521. The van der Waals surface area contributed by atoms with Gasteiger partial charge in [0.25, 0.3) is 0 Å². The largest absolute Gasteiger partial charge is 0.481 e. The van der Waals surface area contributed by atoms with E-state index < -0.39 is 25.8 Å². The van der Waals surface area contributed by atoms with E-state index >= 15 is 0 Å². The molecule has 0 amide bonds. The van der Waals surface area contributed by atoms with Crippen molar-refractivity contribution < 1.29 is 28.5 Å². The quantitative estimate of drug-likeness (QED) is 0.343. The maximum Gasteiger partial charge on any atom is 0.318 e. The van der Waals surface area contributed by atoms with Crippen molar-refractivity contribution in [2.45, 2.75) is 50.8 Å². The van der Waals surface area contributed by atoms with Gasteiger partial charge >= 0.3 is 5.97 Å². The molecule has 3 atom stereocenters. The molecule has 3 unspecified atom stereocenters. The van der Waals surface area contributed by atoms with Crippen LogP contribution in [0.2, 0.25) is 0 Å². The lowest BCUT2D eigenvalue weighted by Gasteiger charge is -2.20. The number of aliphatic carboxylic acids is 1. The zero-order valence-electron chi connectivity index (χ0n) is 19.9. The Balaban J connectivity index is 1.99. The first-order valence-corrected chi connectivity index (χ1v) is 12.8. The summed E-state index contributed by atoms with van der Waals surface area (Å²) in [5, 5.41) is 19.8. The maximum absolute atomic E-state index is 13.6. The highest BCUT2D eigenvalue weighted by atomic mass is 31.1. The molecule has 0 spiro atoms. The van der Waals surface area contributed by atoms with Crippen LogP contribution >= 0.6 is 8.03 Å². The molecular formula is C26H30FN2O5P. The van der Waals surface area contributed by atoms with Crippen LogP contribution in [0.15, 0.2) is 54.6 Å². The van der Waals surface area contributed by atoms with E-state index in [9.17, 15) is 24.0 Å². The third-order valence-electron chi connectivity index (χ3n) is 5.77. The first-order chi connectivity index (χ1) is 16.7. The van der Waals surface area contributed by atoms with Gasteiger partial charge in [-0.25, -0.2) is 14.4 Å². The van der Waals surface area contributed by atoms with E-state index in [1.807, 2.05) is 44.2 Å². The number of benzene rings is 2. The summed E-state index contributed by atoms with van der Waals surface area (Å²) in [6.45, 7) is 4.05. The molecule has 0 aliphatic heterocycles. The van der Waals surface area contributed by atoms with Gasteiger partial charge in [-0.15, -0.1) is 0 Å². The number of carboxylic acid groups (broad SMARTS) is 1. The fourth-order valence-corrected chi connectivity index (χ4v) is 4.93. The van der Waals surface area contributed by atoms with Crippen LogP contribution in [0.5, 0.6) is 0 Å². The molecule has 0 aliphatic carbocycles. The predicted molar refractivity (Wildman–Crippen MR) is 133 cm³/mol. The molecule has 2 N–H and O–H groups in total. The molecule has 0 saturated carbocycles. The second kappa shape index (κ2) is 12.2. The zero-order valence-corrected chi connectivity index (χ0v) is 20.9. The number of aliphatic hydroxyl groups is 1. The van der Waals surface area contributed by atoms with Gasteiger partial charge in [-0.2, -0.15) is 0 Å². The molecule has 1 heterocycles. The van der Waals surface area contributed by atoms with Crippen LogP contribution in [0.3, 0.4) is 0 Å². The molecule has 0 fully saturated rings. The zero-order chi connectivity index (χ0) is 25.5. The molecule has 0 bridgehead atoms. The van der Waals surface area contributed by atoms with Crippen LogP contribution < -0.4 is 0 Å². The van der Waals surface area contributed by atoms with Crippen LogP contribution in [0.1, 0.15) is 43.9 Å². The average Bonchev–Trinajstić information content (AvgIpc) is 2.84. The molecule has 1 aromatic heterocycles. The molecule has 35 heavy (non-hydrogen) atoms. The Morgan fingerprint density at radius 1 is 1.06 bits per heavy atom. The topological polar surface area (TPSA) is 110 Å². The molecule has 186 valence electrons. The van der Waals surface area contributed by atoms with E-state index in [4.69, 9.17) is 14.5 Å². The van der Waals surface area contributed by atoms with E-state index in [1.54, 1.807) is 12.1 Å². The predicted octanol–water partition coefficient (Wildman–Crippen LogP) is 5.33. The number of halogens is 1. The Kier molecular flexibility index (Phi) is 9.26. The van der Waals surface area contributed by atoms with Crippen molar-refractivity contribution in [3.8, 4) is 22.6 Å². The van der Waals surface area contributed by atoms with E-state index in [0.29, 0.717) is 24.4 Å². The first-order valence-electron chi connectivity index (χ1n) is 11.4. The van der Waals surface area contributed by atoms with Crippen LogP contribution in [-0.2, 0) is 20.3 Å². The van der Waals surface area contributed by atoms with Gasteiger partial charge in [-0.05, 0) is 49.4 Å². The lowest BCUT2D eigenvalue weighted by molar-refractivity contribution is -0.138. The summed E-state index contributed by atoms with van der Waals surface area (Å²) in [6.07, 6.45) is -0.351. The number of rotatable bonds is 11. The Morgan fingerprint density at radius 3 is 2.29 bits per heavy atom. The summed E-state index contributed by atoms with van der Waals surface area (Å²) in [7, 11) is -1.77. The first kappa shape index (κ1) is 26.7. The molecule has 2 aromatic carbocycles. The van der Waals surface area contributed by atoms with E-state index in [2.05, 4.69) is 0 Å². The Hall–Kier alpha value is -2.93. The minimum atomic E-state index is -2.93. The minimum Gasteiger partial charge on any atom is -0.481 e. The highest BCUT2D eigenvalue weighted by molar-refractivity contribution is 7.41. The number of carboxylic acids is 1. The van der Waals surface area contributed by atoms with Gasteiger partial charge in [0.1, 0.15) is 5.82 Å². The van der Waals surface area contributed by atoms with Crippen molar-refractivity contribution in [1.29, 1.82) is 0 Å². The summed E-state index contributed by atoms with van der Waals surface area (Å²) in [4.78, 5) is 21.2. The van der Waals surface area contributed by atoms with Crippen molar-refractivity contribution in [2.75, 3.05) is 7.11 Å². The standard InChI is InChI=1S/C26H30FN2O5P/c1-16(2)22-20(10-7-11-21(30)24(26(31)32)35(33)34-3)23(17-12-14-19(27)15-13-17)29-25(28-22)18-8-5-4-6-9-18/h4-6,8-9,12-16,21,24,30,35H,7,10-11H2,1-3H3,(H,31,32). The van der Waals surface area contributed by atoms with Gasteiger partial charge < -0.3 is 14.7 Å². The average molecular weight is 501 g/mol. The van der Waals surface area contributed by atoms with Gasteiger partial charge in [-0.1, -0.05) is 44.2 Å². The van der Waals surface area contributed by atoms with Crippen molar-refractivity contribution in [3.63, 3.8) is 0 Å². The summed E-state index contributed by atoms with van der Waals surface area (Å²) >= 11 is 0. The molecule has 3 rings (SSSR count). The van der Waals surface area contributed by atoms with Crippen LogP contribution in [0.4, 0.5) is 4.39 Å². The summed E-state index contributed by atoms with van der Waals surface area (Å²) in [5.74, 6) is -1.10. The van der Waals surface area contributed by atoms with E-state index in [0.717, 1.165) is 22.4 Å². The van der Waals surface area contributed by atoms with E-state index in [-0.39, 0.29) is 18.2 Å². The molecule has 0 radical (unpaired) electrons. The summed E-state index contributed by atoms with van der Waals surface area (Å²) in [6, 6.07) is 15.7.